The van der Waals surface area contributed by atoms with E-state index in [1.165, 1.54) is 5.56 Å². The molecule has 0 saturated heterocycles. The van der Waals surface area contributed by atoms with Crippen LogP contribution in [-0.2, 0) is 6.54 Å². The molecule has 0 aliphatic rings. The van der Waals surface area contributed by atoms with Gasteiger partial charge in [-0.2, -0.15) is 5.10 Å². The number of nitrogens with zero attached hydrogens (tertiary/aromatic N) is 2. The monoisotopic (exact) mass is 230 g/mol. The molecule has 0 unspecified atom stereocenters. The Bertz CT molecular complexity index is 436. The molecule has 3 N–H and O–H groups in total. The molecule has 4 heteroatoms. The zero-order valence-corrected chi connectivity index (χ0v) is 9.84. The first-order valence-corrected chi connectivity index (χ1v) is 5.90. The maximum absolute atomic E-state index is 5.44. The van der Waals surface area contributed by atoms with E-state index < -0.39 is 0 Å². The predicted octanol–water partition coefficient (Wildman–Crippen LogP) is 1.31. The number of benzene rings is 1. The molecule has 17 heavy (non-hydrogen) atoms. The van der Waals surface area contributed by atoms with Crippen LogP contribution >= 0.6 is 0 Å². The van der Waals surface area contributed by atoms with Crippen LogP contribution in [-0.4, -0.2) is 22.9 Å². The lowest BCUT2D eigenvalue weighted by Crippen LogP contribution is -2.17. The molecule has 0 spiro atoms. The fourth-order valence-electron chi connectivity index (χ4n) is 1.69. The summed E-state index contributed by atoms with van der Waals surface area (Å²) in [6, 6.07) is 10.3. The van der Waals surface area contributed by atoms with Crippen LogP contribution in [0.15, 0.2) is 42.7 Å². The molecule has 0 radical (unpaired) electrons. The minimum Gasteiger partial charge on any atom is -0.330 e. The third-order valence-electron chi connectivity index (χ3n) is 2.57. The third kappa shape index (κ3) is 3.41. The van der Waals surface area contributed by atoms with Gasteiger partial charge in [0.25, 0.3) is 0 Å². The summed E-state index contributed by atoms with van der Waals surface area (Å²) in [6.45, 7) is 2.57. The van der Waals surface area contributed by atoms with Gasteiger partial charge < -0.3 is 11.1 Å². The number of aromatic nitrogens is 2. The molecule has 0 aliphatic carbocycles. The summed E-state index contributed by atoms with van der Waals surface area (Å²) in [5.41, 5.74) is 7.79. The van der Waals surface area contributed by atoms with E-state index in [1.807, 2.05) is 16.9 Å². The maximum atomic E-state index is 5.44. The summed E-state index contributed by atoms with van der Waals surface area (Å²) in [4.78, 5) is 0. The summed E-state index contributed by atoms with van der Waals surface area (Å²) in [6.07, 6.45) is 4.74. The molecule has 4 nitrogen and oxygen atoms in total. The van der Waals surface area contributed by atoms with Crippen molar-refractivity contribution >= 4 is 0 Å². The van der Waals surface area contributed by atoms with Gasteiger partial charge in [-0.1, -0.05) is 12.1 Å². The van der Waals surface area contributed by atoms with Crippen molar-refractivity contribution in [1.29, 1.82) is 0 Å². The van der Waals surface area contributed by atoms with Gasteiger partial charge in [0.2, 0.25) is 0 Å². The van der Waals surface area contributed by atoms with Crippen LogP contribution in [0.1, 0.15) is 12.0 Å². The van der Waals surface area contributed by atoms with Gasteiger partial charge in [-0.05, 0) is 43.3 Å². The van der Waals surface area contributed by atoms with E-state index >= 15 is 0 Å². The van der Waals surface area contributed by atoms with Crippen molar-refractivity contribution in [3.63, 3.8) is 0 Å². The zero-order chi connectivity index (χ0) is 11.9. The van der Waals surface area contributed by atoms with Gasteiger partial charge >= 0.3 is 0 Å². The molecule has 1 aromatic carbocycles. The second-order valence-corrected chi connectivity index (χ2v) is 3.94. The predicted molar refractivity (Wildman–Crippen MR) is 68.9 cm³/mol. The van der Waals surface area contributed by atoms with Gasteiger partial charge in [-0.25, -0.2) is 4.68 Å². The fourth-order valence-corrected chi connectivity index (χ4v) is 1.69. The van der Waals surface area contributed by atoms with Crippen LogP contribution in [0.2, 0.25) is 0 Å². The second-order valence-electron chi connectivity index (χ2n) is 3.94. The lowest BCUT2D eigenvalue weighted by atomic mass is 10.2. The zero-order valence-electron chi connectivity index (χ0n) is 9.84. The summed E-state index contributed by atoms with van der Waals surface area (Å²) in [5.74, 6) is 0. The molecule has 2 rings (SSSR count). The van der Waals surface area contributed by atoms with Crippen molar-refractivity contribution in [3.05, 3.63) is 48.3 Å². The van der Waals surface area contributed by atoms with E-state index in [2.05, 4.69) is 34.7 Å². The van der Waals surface area contributed by atoms with Gasteiger partial charge in [0.15, 0.2) is 0 Å². The van der Waals surface area contributed by atoms with Gasteiger partial charge in [0, 0.05) is 18.9 Å². The first-order valence-electron chi connectivity index (χ1n) is 5.90. The average molecular weight is 230 g/mol. The Hall–Kier alpha value is -1.65. The van der Waals surface area contributed by atoms with Gasteiger partial charge in [0.1, 0.15) is 0 Å². The Morgan fingerprint density at radius 1 is 1.29 bits per heavy atom. The van der Waals surface area contributed by atoms with Crippen LogP contribution in [0.4, 0.5) is 0 Å². The van der Waals surface area contributed by atoms with Gasteiger partial charge in [0.05, 0.1) is 5.69 Å². The number of hydrogen-bond donors (Lipinski definition) is 2. The van der Waals surface area contributed by atoms with E-state index in [0.29, 0.717) is 0 Å². The third-order valence-corrected chi connectivity index (χ3v) is 2.57. The summed E-state index contributed by atoms with van der Waals surface area (Å²) >= 11 is 0. The Morgan fingerprint density at radius 2 is 2.24 bits per heavy atom. The van der Waals surface area contributed by atoms with E-state index in [-0.39, 0.29) is 0 Å². The number of rotatable bonds is 6. The first kappa shape index (κ1) is 11.8. The van der Waals surface area contributed by atoms with Crippen LogP contribution < -0.4 is 11.1 Å². The molecule has 0 saturated carbocycles. The highest BCUT2D eigenvalue weighted by Gasteiger charge is 1.98. The molecule has 1 aromatic heterocycles. The molecule has 0 bridgehead atoms. The lowest BCUT2D eigenvalue weighted by Gasteiger charge is -2.06. The molecular formula is C13H18N4. The van der Waals surface area contributed by atoms with E-state index in [4.69, 9.17) is 5.73 Å². The highest BCUT2D eigenvalue weighted by molar-refractivity contribution is 5.34. The molecule has 0 aliphatic heterocycles. The molecule has 2 aromatic rings. The normalized spacial score (nSPS) is 10.6. The molecule has 0 fully saturated rings. The second kappa shape index (κ2) is 6.18. The quantitative estimate of drug-likeness (QED) is 0.736. The topological polar surface area (TPSA) is 55.9 Å². The lowest BCUT2D eigenvalue weighted by molar-refractivity contribution is 0.655. The average Bonchev–Trinajstić information content (AvgIpc) is 2.89. The standard InChI is InChI=1S/C13H18N4/c14-6-2-7-15-11-12-4-1-5-13(10-12)17-9-3-8-16-17/h1,3-5,8-10,15H,2,6-7,11,14H2. The van der Waals surface area contributed by atoms with Crippen molar-refractivity contribution in [2.24, 2.45) is 5.73 Å². The fraction of sp³-hybridized carbons (Fsp3) is 0.308. The summed E-state index contributed by atoms with van der Waals surface area (Å²) < 4.78 is 1.86. The van der Waals surface area contributed by atoms with Crippen molar-refractivity contribution in [3.8, 4) is 5.69 Å². The Balaban J connectivity index is 1.97. The Labute approximate surface area is 101 Å². The number of nitrogens with one attached hydrogen (secondary N) is 1. The SMILES string of the molecule is NCCCNCc1cccc(-n2cccn2)c1. The van der Waals surface area contributed by atoms with Crippen LogP contribution in [0.5, 0.6) is 0 Å². The van der Waals surface area contributed by atoms with Crippen molar-refractivity contribution in [1.82, 2.24) is 15.1 Å². The van der Waals surface area contributed by atoms with E-state index in [1.54, 1.807) is 6.20 Å². The molecule has 0 atom stereocenters. The molecular weight excluding hydrogens is 212 g/mol. The molecule has 90 valence electrons. The van der Waals surface area contributed by atoms with Gasteiger partial charge in [-0.15, -0.1) is 0 Å². The van der Waals surface area contributed by atoms with Crippen molar-refractivity contribution in [2.45, 2.75) is 13.0 Å². The summed E-state index contributed by atoms with van der Waals surface area (Å²) in [7, 11) is 0. The highest BCUT2D eigenvalue weighted by Crippen LogP contribution is 2.09. The number of hydrogen-bond acceptors (Lipinski definition) is 3. The Morgan fingerprint density at radius 3 is 3.00 bits per heavy atom. The van der Waals surface area contributed by atoms with E-state index in [0.717, 1.165) is 31.7 Å². The highest BCUT2D eigenvalue weighted by atomic mass is 15.3. The minimum atomic E-state index is 0.736. The van der Waals surface area contributed by atoms with Crippen LogP contribution in [0, 0.1) is 0 Å². The van der Waals surface area contributed by atoms with Crippen LogP contribution in [0.3, 0.4) is 0 Å². The number of nitrogens with two attached hydrogens (primary N) is 1. The van der Waals surface area contributed by atoms with Gasteiger partial charge in [-0.3, -0.25) is 0 Å². The maximum Gasteiger partial charge on any atom is 0.0648 e. The van der Waals surface area contributed by atoms with Crippen molar-refractivity contribution in [2.75, 3.05) is 13.1 Å². The van der Waals surface area contributed by atoms with Crippen LogP contribution in [0.25, 0.3) is 5.69 Å². The van der Waals surface area contributed by atoms with Crippen molar-refractivity contribution < 1.29 is 0 Å². The molecule has 0 amide bonds. The smallest absolute Gasteiger partial charge is 0.0648 e. The van der Waals surface area contributed by atoms with E-state index in [9.17, 15) is 0 Å². The first-order chi connectivity index (χ1) is 8.40. The minimum absolute atomic E-state index is 0.736. The summed E-state index contributed by atoms with van der Waals surface area (Å²) in [5, 5.41) is 7.58. The largest absolute Gasteiger partial charge is 0.330 e. The Kier molecular flexibility index (Phi) is 4.30. The molecule has 1 heterocycles.